The predicted octanol–water partition coefficient (Wildman–Crippen LogP) is 2.35. The molecule has 0 saturated carbocycles. The number of halogens is 1. The van der Waals surface area contributed by atoms with Crippen molar-refractivity contribution in [3.63, 3.8) is 0 Å². The largest absolute Gasteiger partial charge is 0.478 e. The van der Waals surface area contributed by atoms with Gasteiger partial charge in [0.25, 0.3) is 0 Å². The third kappa shape index (κ3) is 2.96. The molecule has 0 amide bonds. The van der Waals surface area contributed by atoms with Gasteiger partial charge in [0.05, 0.1) is 10.5 Å². The van der Waals surface area contributed by atoms with E-state index in [-0.39, 0.29) is 15.6 Å². The standard InChI is InChI=1S/C14H13ClN2O4S/c1-17(2)22(20,21)12-6-4-3-5-10(12)9-7-11(14(18)19)13(15)16-8-9/h3-8H,1-2H3,(H,18,19). The molecular weight excluding hydrogens is 328 g/mol. The van der Waals surface area contributed by atoms with Crippen molar-refractivity contribution in [3.05, 3.63) is 47.2 Å². The Morgan fingerprint density at radius 3 is 2.50 bits per heavy atom. The van der Waals surface area contributed by atoms with E-state index in [0.717, 1.165) is 4.31 Å². The average molecular weight is 341 g/mol. The highest BCUT2D eigenvalue weighted by molar-refractivity contribution is 7.89. The summed E-state index contributed by atoms with van der Waals surface area (Å²) in [7, 11) is -0.823. The van der Waals surface area contributed by atoms with Crippen LogP contribution in [0, 0.1) is 0 Å². The highest BCUT2D eigenvalue weighted by atomic mass is 35.5. The molecule has 22 heavy (non-hydrogen) atoms. The Bertz CT molecular complexity index is 834. The first kappa shape index (κ1) is 16.4. The van der Waals surface area contributed by atoms with Crippen molar-refractivity contribution in [2.75, 3.05) is 14.1 Å². The molecule has 0 bridgehead atoms. The van der Waals surface area contributed by atoms with Gasteiger partial charge in [-0.25, -0.2) is 22.5 Å². The smallest absolute Gasteiger partial charge is 0.338 e. The molecule has 6 nitrogen and oxygen atoms in total. The minimum absolute atomic E-state index is 0.0699. The maximum Gasteiger partial charge on any atom is 0.338 e. The van der Waals surface area contributed by atoms with Crippen molar-refractivity contribution in [2.45, 2.75) is 4.90 Å². The highest BCUT2D eigenvalue weighted by Gasteiger charge is 2.22. The predicted molar refractivity (Wildman–Crippen MR) is 82.5 cm³/mol. The zero-order valence-electron chi connectivity index (χ0n) is 11.8. The molecule has 0 unspecified atom stereocenters. The highest BCUT2D eigenvalue weighted by Crippen LogP contribution is 2.30. The molecule has 1 aromatic carbocycles. The number of sulfonamides is 1. The first-order valence-electron chi connectivity index (χ1n) is 6.16. The van der Waals surface area contributed by atoms with Gasteiger partial charge in [0.2, 0.25) is 10.0 Å². The second-order valence-electron chi connectivity index (χ2n) is 4.65. The molecular formula is C14H13ClN2O4S. The lowest BCUT2D eigenvalue weighted by molar-refractivity contribution is 0.0696. The van der Waals surface area contributed by atoms with Gasteiger partial charge in [0.1, 0.15) is 5.15 Å². The van der Waals surface area contributed by atoms with Crippen LogP contribution in [0.1, 0.15) is 10.4 Å². The number of hydrogen-bond donors (Lipinski definition) is 1. The fourth-order valence-corrected chi connectivity index (χ4v) is 3.16. The van der Waals surface area contributed by atoms with Gasteiger partial charge in [0.15, 0.2) is 0 Å². The minimum atomic E-state index is -3.67. The van der Waals surface area contributed by atoms with Gasteiger partial charge in [-0.05, 0) is 12.1 Å². The quantitative estimate of drug-likeness (QED) is 0.863. The summed E-state index contributed by atoms with van der Waals surface area (Å²) in [6, 6.07) is 7.62. The van der Waals surface area contributed by atoms with E-state index in [1.165, 1.54) is 32.4 Å². The van der Waals surface area contributed by atoms with Crippen molar-refractivity contribution < 1.29 is 18.3 Å². The molecule has 0 fully saturated rings. The van der Waals surface area contributed by atoms with Crippen molar-refractivity contribution in [2.24, 2.45) is 0 Å². The molecule has 0 radical (unpaired) electrons. The van der Waals surface area contributed by atoms with Gasteiger partial charge < -0.3 is 5.11 Å². The molecule has 1 heterocycles. The van der Waals surface area contributed by atoms with Crippen LogP contribution in [0.25, 0.3) is 11.1 Å². The van der Waals surface area contributed by atoms with E-state index in [0.29, 0.717) is 11.1 Å². The van der Waals surface area contributed by atoms with E-state index in [2.05, 4.69) is 4.98 Å². The van der Waals surface area contributed by atoms with E-state index < -0.39 is 16.0 Å². The van der Waals surface area contributed by atoms with Gasteiger partial charge in [0, 0.05) is 31.4 Å². The molecule has 0 aliphatic carbocycles. The fourth-order valence-electron chi connectivity index (χ4n) is 1.87. The van der Waals surface area contributed by atoms with Gasteiger partial charge >= 0.3 is 5.97 Å². The molecule has 0 aliphatic rings. The van der Waals surface area contributed by atoms with Crippen LogP contribution in [0.2, 0.25) is 5.15 Å². The second-order valence-corrected chi connectivity index (χ2v) is 7.13. The monoisotopic (exact) mass is 340 g/mol. The van der Waals surface area contributed by atoms with E-state index in [9.17, 15) is 13.2 Å². The van der Waals surface area contributed by atoms with Crippen LogP contribution in [0.3, 0.4) is 0 Å². The molecule has 0 aliphatic heterocycles. The van der Waals surface area contributed by atoms with Crippen LogP contribution in [0.15, 0.2) is 41.4 Å². The fraction of sp³-hybridized carbons (Fsp3) is 0.143. The Kier molecular flexibility index (Phi) is 4.50. The van der Waals surface area contributed by atoms with Crippen LogP contribution in [-0.4, -0.2) is 42.9 Å². The molecule has 0 atom stereocenters. The summed E-state index contributed by atoms with van der Waals surface area (Å²) in [5.41, 5.74) is 0.543. The zero-order chi connectivity index (χ0) is 16.5. The Balaban J connectivity index is 2.70. The van der Waals surface area contributed by atoms with E-state index >= 15 is 0 Å². The Labute approximate surface area is 133 Å². The maximum atomic E-state index is 12.4. The first-order valence-corrected chi connectivity index (χ1v) is 7.97. The lowest BCUT2D eigenvalue weighted by Crippen LogP contribution is -2.22. The van der Waals surface area contributed by atoms with Crippen LogP contribution >= 0.6 is 11.6 Å². The van der Waals surface area contributed by atoms with Crippen LogP contribution in [-0.2, 0) is 10.0 Å². The van der Waals surface area contributed by atoms with Crippen LogP contribution < -0.4 is 0 Å². The lowest BCUT2D eigenvalue weighted by Gasteiger charge is -2.15. The molecule has 1 N–H and O–H groups in total. The van der Waals surface area contributed by atoms with E-state index in [1.54, 1.807) is 18.2 Å². The molecule has 0 spiro atoms. The molecule has 2 aromatic rings. The molecule has 8 heteroatoms. The molecule has 2 rings (SSSR count). The van der Waals surface area contributed by atoms with E-state index in [1.807, 2.05) is 0 Å². The third-order valence-corrected chi connectivity index (χ3v) is 5.20. The Hall–Kier alpha value is -1.96. The van der Waals surface area contributed by atoms with Crippen molar-refractivity contribution in [1.82, 2.24) is 9.29 Å². The van der Waals surface area contributed by atoms with E-state index in [4.69, 9.17) is 16.7 Å². The Morgan fingerprint density at radius 2 is 1.91 bits per heavy atom. The molecule has 116 valence electrons. The minimum Gasteiger partial charge on any atom is -0.478 e. The number of carboxylic acids is 1. The summed E-state index contributed by atoms with van der Waals surface area (Å²) in [5.74, 6) is -1.23. The summed E-state index contributed by atoms with van der Waals surface area (Å²) in [4.78, 5) is 15.0. The van der Waals surface area contributed by atoms with Crippen LogP contribution in [0.4, 0.5) is 0 Å². The SMILES string of the molecule is CN(C)S(=O)(=O)c1ccccc1-c1cnc(Cl)c(C(=O)O)c1. The van der Waals surface area contributed by atoms with Crippen molar-refractivity contribution in [3.8, 4) is 11.1 Å². The second kappa shape index (κ2) is 6.04. The van der Waals surface area contributed by atoms with Crippen LogP contribution in [0.5, 0.6) is 0 Å². The van der Waals surface area contributed by atoms with Gasteiger partial charge in [-0.15, -0.1) is 0 Å². The normalized spacial score (nSPS) is 11.6. The number of carboxylic acid groups (broad SMARTS) is 1. The van der Waals surface area contributed by atoms with Gasteiger partial charge in [-0.1, -0.05) is 29.8 Å². The number of aromatic nitrogens is 1. The number of aromatic carboxylic acids is 1. The number of carbonyl (C=O) groups is 1. The number of benzene rings is 1. The number of hydrogen-bond acceptors (Lipinski definition) is 4. The topological polar surface area (TPSA) is 87.6 Å². The van der Waals surface area contributed by atoms with Gasteiger partial charge in [-0.3, -0.25) is 0 Å². The van der Waals surface area contributed by atoms with Gasteiger partial charge in [-0.2, -0.15) is 0 Å². The summed E-state index contributed by atoms with van der Waals surface area (Å²) in [5, 5.41) is 8.95. The summed E-state index contributed by atoms with van der Waals surface area (Å²) in [6.07, 6.45) is 1.35. The van der Waals surface area contributed by atoms with Crippen molar-refractivity contribution >= 4 is 27.6 Å². The number of pyridine rings is 1. The summed E-state index contributed by atoms with van der Waals surface area (Å²) in [6.45, 7) is 0. The maximum absolute atomic E-state index is 12.4. The third-order valence-electron chi connectivity index (χ3n) is 3.03. The number of rotatable bonds is 4. The van der Waals surface area contributed by atoms with Crippen molar-refractivity contribution in [1.29, 1.82) is 0 Å². The first-order chi connectivity index (χ1) is 10.2. The molecule has 1 aromatic heterocycles. The Morgan fingerprint density at radius 1 is 1.27 bits per heavy atom. The summed E-state index contributed by atoms with van der Waals surface area (Å²) < 4.78 is 25.8. The lowest BCUT2D eigenvalue weighted by atomic mass is 10.1. The zero-order valence-corrected chi connectivity index (χ0v) is 13.4. The summed E-state index contributed by atoms with van der Waals surface area (Å²) >= 11 is 5.74. The molecule has 0 saturated heterocycles. The number of nitrogens with zero attached hydrogens (tertiary/aromatic N) is 2. The average Bonchev–Trinajstić information content (AvgIpc) is 2.47.